The van der Waals surface area contributed by atoms with E-state index in [1.807, 2.05) is 30.4 Å². The number of carboxylic acid groups (broad SMARTS) is 1. The van der Waals surface area contributed by atoms with Crippen LogP contribution in [0.4, 0.5) is 0 Å². The molecule has 0 spiro atoms. The minimum Gasteiger partial charge on any atom is -0.489 e. The van der Waals surface area contributed by atoms with Crippen LogP contribution < -0.4 is 0 Å². The lowest BCUT2D eigenvalue weighted by molar-refractivity contribution is -0.138. The zero-order valence-corrected chi connectivity index (χ0v) is 17.3. The second kappa shape index (κ2) is 8.90. The summed E-state index contributed by atoms with van der Waals surface area (Å²) in [6.07, 6.45) is 6.65. The van der Waals surface area contributed by atoms with Crippen molar-refractivity contribution in [3.8, 4) is 10.4 Å². The number of aromatic nitrogens is 1. The molecule has 7 heteroatoms. The van der Waals surface area contributed by atoms with Gasteiger partial charge in [-0.2, -0.15) is 4.37 Å². The van der Waals surface area contributed by atoms with Crippen LogP contribution in [-0.2, 0) is 20.9 Å². The predicted molar refractivity (Wildman–Crippen MR) is 111 cm³/mol. The lowest BCUT2D eigenvalue weighted by Gasteiger charge is -2.30. The molecule has 2 aromatic rings. The number of carboxylic acids is 1. The molecule has 0 fully saturated rings. The second-order valence-electron chi connectivity index (χ2n) is 6.69. The van der Waals surface area contributed by atoms with Gasteiger partial charge >= 0.3 is 5.97 Å². The Morgan fingerprint density at radius 1 is 1.39 bits per heavy atom. The number of benzene rings is 1. The zero-order chi connectivity index (χ0) is 20.1. The molecule has 1 unspecified atom stereocenters. The standard InChI is InChI=1S/C21H22ClNO4S/c1-14-5-3-4-6-16(14)19-17(20(22)23-28-19)13-27-15-7-10-21(26-2,11-8-15)12-9-18(24)25/h3-8,10H,9,11-13H2,1-2H3,(H,24,25). The van der Waals surface area contributed by atoms with Crippen LogP contribution in [0.1, 0.15) is 30.4 Å². The van der Waals surface area contributed by atoms with E-state index in [2.05, 4.69) is 23.4 Å². The topological polar surface area (TPSA) is 68.7 Å². The van der Waals surface area contributed by atoms with Gasteiger partial charge in [-0.05, 0) is 54.2 Å². The number of methoxy groups -OCH3 is 1. The first kappa shape index (κ1) is 20.6. The number of allylic oxidation sites excluding steroid dienone is 1. The Balaban J connectivity index is 1.69. The minimum absolute atomic E-state index is 0.0537. The lowest BCUT2D eigenvalue weighted by Crippen LogP contribution is -2.30. The van der Waals surface area contributed by atoms with Gasteiger partial charge < -0.3 is 14.6 Å². The van der Waals surface area contributed by atoms with E-state index in [-0.39, 0.29) is 6.42 Å². The van der Waals surface area contributed by atoms with Crippen LogP contribution in [0.2, 0.25) is 5.15 Å². The quantitative estimate of drug-likeness (QED) is 0.621. The van der Waals surface area contributed by atoms with Crippen molar-refractivity contribution in [1.82, 2.24) is 4.37 Å². The van der Waals surface area contributed by atoms with Gasteiger partial charge in [-0.15, -0.1) is 0 Å². The minimum atomic E-state index is -0.834. The third-order valence-corrected chi connectivity index (χ3v) is 6.22. The third-order valence-electron chi connectivity index (χ3n) is 4.88. The first-order valence-corrected chi connectivity index (χ1v) is 10.1. The van der Waals surface area contributed by atoms with Gasteiger partial charge in [0.1, 0.15) is 17.5 Å². The van der Waals surface area contributed by atoms with Crippen molar-refractivity contribution in [3.63, 3.8) is 0 Å². The molecule has 0 radical (unpaired) electrons. The van der Waals surface area contributed by atoms with Crippen molar-refractivity contribution in [2.24, 2.45) is 0 Å². The largest absolute Gasteiger partial charge is 0.489 e. The summed E-state index contributed by atoms with van der Waals surface area (Å²) in [5, 5.41) is 9.38. The summed E-state index contributed by atoms with van der Waals surface area (Å²) in [5.41, 5.74) is 2.53. The number of nitrogens with zero attached hydrogens (tertiary/aromatic N) is 1. The van der Waals surface area contributed by atoms with Crippen LogP contribution in [-0.4, -0.2) is 28.2 Å². The highest BCUT2D eigenvalue weighted by Gasteiger charge is 2.29. The highest BCUT2D eigenvalue weighted by atomic mass is 35.5. The van der Waals surface area contributed by atoms with E-state index in [4.69, 9.17) is 26.2 Å². The highest BCUT2D eigenvalue weighted by molar-refractivity contribution is 7.10. The number of hydrogen-bond acceptors (Lipinski definition) is 5. The van der Waals surface area contributed by atoms with Crippen molar-refractivity contribution in [3.05, 3.63) is 64.5 Å². The fraction of sp³-hybridized carbons (Fsp3) is 0.333. The van der Waals surface area contributed by atoms with Crippen LogP contribution in [0.15, 0.2) is 48.3 Å². The molecule has 148 valence electrons. The van der Waals surface area contributed by atoms with E-state index in [1.165, 1.54) is 11.5 Å². The summed E-state index contributed by atoms with van der Waals surface area (Å²) in [5.74, 6) is -0.125. The summed E-state index contributed by atoms with van der Waals surface area (Å²) < 4.78 is 15.8. The molecule has 3 rings (SSSR count). The molecule has 5 nitrogen and oxygen atoms in total. The van der Waals surface area contributed by atoms with Gasteiger partial charge in [0, 0.05) is 25.5 Å². The number of carbonyl (C=O) groups is 1. The molecular formula is C21H22ClNO4S. The van der Waals surface area contributed by atoms with Gasteiger partial charge in [0.2, 0.25) is 0 Å². The number of hydrogen-bond donors (Lipinski definition) is 1. The van der Waals surface area contributed by atoms with Crippen molar-refractivity contribution >= 4 is 29.1 Å². The zero-order valence-electron chi connectivity index (χ0n) is 15.8. The van der Waals surface area contributed by atoms with Gasteiger partial charge in [0.15, 0.2) is 0 Å². The van der Waals surface area contributed by atoms with Crippen LogP contribution in [0, 0.1) is 6.92 Å². The average molecular weight is 420 g/mol. The average Bonchev–Trinajstić information content (AvgIpc) is 3.06. The first-order chi connectivity index (χ1) is 13.4. The molecule has 0 bridgehead atoms. The van der Waals surface area contributed by atoms with Crippen molar-refractivity contribution in [1.29, 1.82) is 0 Å². The summed E-state index contributed by atoms with van der Waals surface area (Å²) in [6.45, 7) is 2.37. The van der Waals surface area contributed by atoms with Crippen LogP contribution in [0.3, 0.4) is 0 Å². The molecular weight excluding hydrogens is 398 g/mol. The summed E-state index contributed by atoms with van der Waals surface area (Å²) in [7, 11) is 1.59. The molecule has 28 heavy (non-hydrogen) atoms. The Morgan fingerprint density at radius 2 is 2.18 bits per heavy atom. The molecule has 1 aromatic carbocycles. The maximum Gasteiger partial charge on any atom is 0.303 e. The molecule has 1 aliphatic carbocycles. The van der Waals surface area contributed by atoms with E-state index in [0.717, 1.165) is 21.6 Å². The van der Waals surface area contributed by atoms with E-state index in [1.54, 1.807) is 7.11 Å². The van der Waals surface area contributed by atoms with Crippen molar-refractivity contribution < 1.29 is 19.4 Å². The molecule has 1 aliphatic rings. The van der Waals surface area contributed by atoms with E-state index in [0.29, 0.717) is 30.4 Å². The predicted octanol–water partition coefficient (Wildman–Crippen LogP) is 5.38. The normalized spacial score (nSPS) is 18.8. The number of halogens is 1. The third kappa shape index (κ3) is 4.63. The lowest BCUT2D eigenvalue weighted by atomic mass is 9.89. The molecule has 1 heterocycles. The fourth-order valence-corrected chi connectivity index (χ4v) is 4.30. The molecule has 0 aliphatic heterocycles. The maximum atomic E-state index is 10.9. The van der Waals surface area contributed by atoms with Gasteiger partial charge in [-0.1, -0.05) is 35.9 Å². The van der Waals surface area contributed by atoms with E-state index in [9.17, 15) is 4.79 Å². The van der Waals surface area contributed by atoms with Crippen molar-refractivity contribution in [2.45, 2.75) is 38.4 Å². The van der Waals surface area contributed by atoms with Crippen LogP contribution in [0.5, 0.6) is 0 Å². The number of aryl methyl sites for hydroxylation is 1. The Kier molecular flexibility index (Phi) is 6.54. The highest BCUT2D eigenvalue weighted by Crippen LogP contribution is 2.36. The Morgan fingerprint density at radius 3 is 2.82 bits per heavy atom. The van der Waals surface area contributed by atoms with E-state index >= 15 is 0 Å². The molecule has 0 amide bonds. The van der Waals surface area contributed by atoms with Crippen LogP contribution >= 0.6 is 23.1 Å². The SMILES string of the molecule is COC1(CCC(=O)O)C=CC(OCc2c(Cl)nsc2-c2ccccc2C)=CC1. The Labute approximate surface area is 173 Å². The summed E-state index contributed by atoms with van der Waals surface area (Å²) in [6, 6.07) is 8.11. The van der Waals surface area contributed by atoms with Gasteiger partial charge in [0.05, 0.1) is 10.5 Å². The second-order valence-corrected chi connectivity index (χ2v) is 7.82. The summed E-state index contributed by atoms with van der Waals surface area (Å²) >= 11 is 7.68. The molecule has 1 atom stereocenters. The van der Waals surface area contributed by atoms with E-state index < -0.39 is 11.6 Å². The first-order valence-electron chi connectivity index (χ1n) is 8.93. The number of aliphatic carboxylic acids is 1. The maximum absolute atomic E-state index is 10.9. The number of ether oxygens (including phenoxy) is 2. The monoisotopic (exact) mass is 419 g/mol. The Hall–Kier alpha value is -2.15. The molecule has 1 N–H and O–H groups in total. The van der Waals surface area contributed by atoms with Gasteiger partial charge in [-0.3, -0.25) is 4.79 Å². The Bertz CT molecular complexity index is 921. The molecule has 0 saturated heterocycles. The number of rotatable bonds is 8. The molecule has 1 aromatic heterocycles. The van der Waals surface area contributed by atoms with Gasteiger partial charge in [0.25, 0.3) is 0 Å². The smallest absolute Gasteiger partial charge is 0.303 e. The van der Waals surface area contributed by atoms with Crippen molar-refractivity contribution in [2.75, 3.05) is 7.11 Å². The van der Waals surface area contributed by atoms with Gasteiger partial charge in [-0.25, -0.2) is 0 Å². The fourth-order valence-electron chi connectivity index (χ4n) is 3.12. The van der Waals surface area contributed by atoms with Crippen LogP contribution in [0.25, 0.3) is 10.4 Å². The molecule has 0 saturated carbocycles. The summed E-state index contributed by atoms with van der Waals surface area (Å²) in [4.78, 5) is 11.9.